The highest BCUT2D eigenvalue weighted by Gasteiger charge is 2.36. The number of carbonyl (C=O) groups excluding carboxylic acids is 3. The molecule has 0 aromatic carbocycles. The fraction of sp³-hybridized carbons (Fsp3) is 0.545. The molecule has 0 aliphatic rings. The maximum absolute atomic E-state index is 11.8. The number of ether oxygens (including phenoxy) is 2. The smallest absolute Gasteiger partial charge is 0.366 e. The largest absolute Gasteiger partial charge is 0.427 e. The second kappa shape index (κ2) is 8.81. The van der Waals surface area contributed by atoms with Crippen molar-refractivity contribution in [2.75, 3.05) is 0 Å². The van der Waals surface area contributed by atoms with Crippen molar-refractivity contribution >= 4 is 87.5 Å². The molecule has 0 aromatic rings. The Balaban J connectivity index is 5.25. The Morgan fingerprint density at radius 1 is 0.864 bits per heavy atom. The van der Waals surface area contributed by atoms with Crippen LogP contribution in [0.5, 0.6) is 0 Å². The van der Waals surface area contributed by atoms with E-state index < -0.39 is 25.5 Å². The van der Waals surface area contributed by atoms with Gasteiger partial charge in [0.15, 0.2) is 0 Å². The predicted octanol–water partition coefficient (Wildman–Crippen LogP) is 4.41. The molecular formula is C11H10Cl6O5. The lowest BCUT2D eigenvalue weighted by Crippen LogP contribution is -2.27. The molecule has 22 heavy (non-hydrogen) atoms. The van der Waals surface area contributed by atoms with Crippen LogP contribution in [0.3, 0.4) is 0 Å². The van der Waals surface area contributed by atoms with Gasteiger partial charge in [-0.05, 0) is 13.3 Å². The van der Waals surface area contributed by atoms with E-state index in [4.69, 9.17) is 74.3 Å². The van der Waals surface area contributed by atoms with Crippen LogP contribution in [-0.4, -0.2) is 25.5 Å². The highest BCUT2D eigenvalue weighted by atomic mass is 35.6. The lowest BCUT2D eigenvalue weighted by atomic mass is 10.2. The van der Waals surface area contributed by atoms with Crippen molar-refractivity contribution in [2.24, 2.45) is 0 Å². The first-order valence-corrected chi connectivity index (χ1v) is 7.89. The van der Waals surface area contributed by atoms with Crippen LogP contribution in [-0.2, 0) is 23.9 Å². The first-order chi connectivity index (χ1) is 9.80. The summed E-state index contributed by atoms with van der Waals surface area (Å²) in [4.78, 5) is 34.6. The van der Waals surface area contributed by atoms with E-state index in [1.165, 1.54) is 6.92 Å². The van der Waals surface area contributed by atoms with E-state index in [1.807, 2.05) is 0 Å². The topological polar surface area (TPSA) is 69.7 Å². The van der Waals surface area contributed by atoms with E-state index in [0.29, 0.717) is 6.42 Å². The van der Waals surface area contributed by atoms with Gasteiger partial charge < -0.3 is 9.47 Å². The molecule has 0 unspecified atom stereocenters. The van der Waals surface area contributed by atoms with E-state index in [2.05, 4.69) is 4.74 Å². The summed E-state index contributed by atoms with van der Waals surface area (Å²) in [5, 5.41) is 0. The molecule has 0 fully saturated rings. The number of hydrogen-bond donors (Lipinski definition) is 0. The zero-order valence-corrected chi connectivity index (χ0v) is 15.8. The minimum atomic E-state index is -2.42. The number of halogens is 6. The van der Waals surface area contributed by atoms with Crippen molar-refractivity contribution < 1.29 is 23.9 Å². The fourth-order valence-corrected chi connectivity index (χ4v) is 1.28. The molecule has 0 saturated carbocycles. The molecule has 5 nitrogen and oxygen atoms in total. The molecule has 0 bridgehead atoms. The second-order valence-electron chi connectivity index (χ2n) is 3.86. The number of alkyl halides is 6. The monoisotopic (exact) mass is 432 g/mol. The fourth-order valence-electron chi connectivity index (χ4n) is 1.04. The van der Waals surface area contributed by atoms with Crippen LogP contribution in [0, 0.1) is 0 Å². The van der Waals surface area contributed by atoms with Crippen molar-refractivity contribution in [2.45, 2.75) is 34.3 Å². The van der Waals surface area contributed by atoms with E-state index in [1.54, 1.807) is 6.92 Å². The summed E-state index contributed by atoms with van der Waals surface area (Å²) >= 11 is 31.9. The summed E-state index contributed by atoms with van der Waals surface area (Å²) in [5.74, 6) is -3.89. The van der Waals surface area contributed by atoms with Crippen LogP contribution in [0.1, 0.15) is 26.7 Å². The Hall–Kier alpha value is 0.0900. The first-order valence-electron chi connectivity index (χ1n) is 5.62. The third-order valence-corrected chi connectivity index (χ3v) is 2.99. The molecule has 0 aromatic heterocycles. The summed E-state index contributed by atoms with van der Waals surface area (Å²) in [7, 11) is 0. The van der Waals surface area contributed by atoms with Crippen molar-refractivity contribution in [3.8, 4) is 0 Å². The van der Waals surface area contributed by atoms with Gasteiger partial charge in [0, 0.05) is 6.42 Å². The minimum Gasteiger partial charge on any atom is -0.427 e. The first kappa shape index (κ1) is 22.1. The molecule has 0 atom stereocenters. The zero-order valence-electron chi connectivity index (χ0n) is 11.2. The summed E-state index contributed by atoms with van der Waals surface area (Å²) in [6.07, 6.45) is 0.640. The average molecular weight is 435 g/mol. The summed E-state index contributed by atoms with van der Waals surface area (Å²) in [6, 6.07) is 0. The molecule has 11 heteroatoms. The summed E-state index contributed by atoms with van der Waals surface area (Å²) in [5.41, 5.74) is -0.202. The van der Waals surface area contributed by atoms with Crippen LogP contribution in [0.25, 0.3) is 0 Å². The lowest BCUT2D eigenvalue weighted by molar-refractivity contribution is -0.156. The van der Waals surface area contributed by atoms with Crippen LogP contribution >= 0.6 is 69.6 Å². The molecule has 0 amide bonds. The number of allylic oxidation sites excluding steroid dienone is 1. The average Bonchev–Trinajstić information content (AvgIpc) is 2.34. The number of carbonyl (C=O) groups is 3. The minimum absolute atomic E-state index is 0.124. The Labute approximate surface area is 156 Å². The van der Waals surface area contributed by atoms with Gasteiger partial charge in [0.1, 0.15) is 5.76 Å². The number of hydrogen-bond acceptors (Lipinski definition) is 5. The summed E-state index contributed by atoms with van der Waals surface area (Å²) in [6.45, 7) is 2.99. The molecule has 0 aliphatic heterocycles. The summed E-state index contributed by atoms with van der Waals surface area (Å²) < 4.78 is 4.44. The molecule has 0 spiro atoms. The standard InChI is InChI=1S/C11H10Cl6O5/c1-3-4-6(21-8(19)10(12,13)14)5(2)7(18)22-9(20)11(15,16)17/h3-4H2,1-2H3. The van der Waals surface area contributed by atoms with Gasteiger partial charge in [-0.3, -0.25) is 0 Å². The predicted molar refractivity (Wildman–Crippen MR) is 85.4 cm³/mol. The SMILES string of the molecule is CCCC(OC(=O)C(Cl)(Cl)Cl)=C(C)C(=O)OC(=O)C(Cl)(Cl)Cl. The number of rotatable bonds is 4. The van der Waals surface area contributed by atoms with Crippen molar-refractivity contribution in [1.29, 1.82) is 0 Å². The van der Waals surface area contributed by atoms with E-state index >= 15 is 0 Å². The molecule has 0 aliphatic carbocycles. The molecule has 0 radical (unpaired) electrons. The van der Waals surface area contributed by atoms with Gasteiger partial charge in [0.2, 0.25) is 0 Å². The van der Waals surface area contributed by atoms with Gasteiger partial charge in [-0.15, -0.1) is 0 Å². The Morgan fingerprint density at radius 2 is 1.27 bits per heavy atom. The quantitative estimate of drug-likeness (QED) is 0.215. The molecule has 0 heterocycles. The zero-order chi connectivity index (χ0) is 17.7. The van der Waals surface area contributed by atoms with Gasteiger partial charge in [0.25, 0.3) is 7.59 Å². The van der Waals surface area contributed by atoms with Gasteiger partial charge in [-0.1, -0.05) is 76.5 Å². The maximum Gasteiger partial charge on any atom is 0.366 e. The Morgan fingerprint density at radius 3 is 1.64 bits per heavy atom. The van der Waals surface area contributed by atoms with Gasteiger partial charge in [-0.2, -0.15) is 0 Å². The number of esters is 3. The van der Waals surface area contributed by atoms with Gasteiger partial charge >= 0.3 is 17.9 Å². The molecule has 0 saturated heterocycles. The second-order valence-corrected chi connectivity index (χ2v) is 8.42. The van der Waals surface area contributed by atoms with Gasteiger partial charge in [0.05, 0.1) is 5.57 Å². The molecule has 0 rings (SSSR count). The van der Waals surface area contributed by atoms with Crippen LogP contribution in [0.4, 0.5) is 0 Å². The van der Waals surface area contributed by atoms with Crippen LogP contribution in [0.15, 0.2) is 11.3 Å². The van der Waals surface area contributed by atoms with Crippen LogP contribution < -0.4 is 0 Å². The van der Waals surface area contributed by atoms with Crippen molar-refractivity contribution in [1.82, 2.24) is 0 Å². The highest BCUT2D eigenvalue weighted by Crippen LogP contribution is 2.30. The molecular weight excluding hydrogens is 425 g/mol. The highest BCUT2D eigenvalue weighted by molar-refractivity contribution is 6.76. The van der Waals surface area contributed by atoms with Crippen molar-refractivity contribution in [3.05, 3.63) is 11.3 Å². The maximum atomic E-state index is 11.8. The third-order valence-electron chi connectivity index (χ3n) is 2.07. The molecule has 0 N–H and O–H groups in total. The van der Waals surface area contributed by atoms with E-state index in [-0.39, 0.29) is 17.8 Å². The third kappa shape index (κ3) is 7.57. The van der Waals surface area contributed by atoms with E-state index in [0.717, 1.165) is 0 Å². The van der Waals surface area contributed by atoms with Crippen LogP contribution in [0.2, 0.25) is 0 Å². The van der Waals surface area contributed by atoms with Crippen molar-refractivity contribution in [3.63, 3.8) is 0 Å². The van der Waals surface area contributed by atoms with E-state index in [9.17, 15) is 14.4 Å². The lowest BCUT2D eigenvalue weighted by Gasteiger charge is -2.15. The molecule has 126 valence electrons. The van der Waals surface area contributed by atoms with Gasteiger partial charge in [-0.25, -0.2) is 14.4 Å². The Kier molecular flexibility index (Phi) is 8.84. The Bertz CT molecular complexity index is 488. The normalized spacial score (nSPS) is 13.3.